The van der Waals surface area contributed by atoms with Crippen LogP contribution in [0.25, 0.3) is 0 Å². The Morgan fingerprint density at radius 2 is 2.00 bits per heavy atom. The maximum absolute atomic E-state index is 10.8. The van der Waals surface area contributed by atoms with E-state index in [1.54, 1.807) is 6.07 Å². The number of isothiocyanates is 1. The van der Waals surface area contributed by atoms with Crippen LogP contribution in [0, 0.1) is 0 Å². The summed E-state index contributed by atoms with van der Waals surface area (Å²) in [6.45, 7) is 0. The third-order valence-electron chi connectivity index (χ3n) is 1.31. The van der Waals surface area contributed by atoms with E-state index in [9.17, 15) is 8.42 Å². The van der Waals surface area contributed by atoms with Gasteiger partial charge in [-0.1, -0.05) is 12.1 Å². The van der Waals surface area contributed by atoms with Crippen molar-refractivity contribution in [1.82, 2.24) is 0 Å². The second-order valence-corrected chi connectivity index (χ2v) is 3.72. The Bertz CT molecular complexity index is 471. The maximum atomic E-state index is 10.8. The van der Waals surface area contributed by atoms with E-state index in [-0.39, 0.29) is 41.6 Å². The summed E-state index contributed by atoms with van der Waals surface area (Å²) in [6, 6.07) is 5.72. The first-order valence-electron chi connectivity index (χ1n) is 3.20. The van der Waals surface area contributed by atoms with Crippen molar-refractivity contribution >= 4 is 33.2 Å². The van der Waals surface area contributed by atoms with Crippen LogP contribution in [0.5, 0.6) is 0 Å². The van der Waals surface area contributed by atoms with Crippen molar-refractivity contribution in [2.75, 3.05) is 0 Å². The van der Waals surface area contributed by atoms with Crippen LogP contribution in [-0.2, 0) is 10.1 Å². The minimum Gasteiger partial charge on any atom is -1.00 e. The van der Waals surface area contributed by atoms with Crippen LogP contribution in [0.1, 0.15) is 1.43 Å². The van der Waals surface area contributed by atoms with E-state index in [0.717, 1.165) is 0 Å². The number of rotatable bonds is 2. The van der Waals surface area contributed by atoms with Gasteiger partial charge in [0.1, 0.15) is 4.90 Å². The molecule has 0 unspecified atom stereocenters. The SMILES string of the molecule is O=S(=O)(O)c1ccccc1N=C=S.[H-].[Na+]. The zero-order chi connectivity index (χ0) is 9.90. The Hall–Kier alpha value is -0.0700. The molecule has 0 heterocycles. The van der Waals surface area contributed by atoms with E-state index in [2.05, 4.69) is 17.2 Å². The number of nitrogens with zero attached hydrogens (tertiary/aromatic N) is 1. The van der Waals surface area contributed by atoms with Crippen LogP contribution in [0.4, 0.5) is 5.69 Å². The molecule has 0 saturated carbocycles. The summed E-state index contributed by atoms with van der Waals surface area (Å²) in [7, 11) is -4.24. The molecule has 0 saturated heterocycles. The van der Waals surface area contributed by atoms with Gasteiger partial charge in [0.25, 0.3) is 10.1 Å². The second kappa shape index (κ2) is 5.72. The quantitative estimate of drug-likeness (QED) is 0.304. The van der Waals surface area contributed by atoms with Crippen molar-refractivity contribution in [3.05, 3.63) is 24.3 Å². The van der Waals surface area contributed by atoms with Gasteiger partial charge in [-0.3, -0.25) is 4.55 Å². The van der Waals surface area contributed by atoms with Gasteiger partial charge in [0.15, 0.2) is 0 Å². The molecule has 0 aliphatic carbocycles. The van der Waals surface area contributed by atoms with Gasteiger partial charge in [-0.05, 0) is 24.4 Å². The van der Waals surface area contributed by atoms with Crippen molar-refractivity contribution in [3.63, 3.8) is 0 Å². The van der Waals surface area contributed by atoms with Crippen molar-refractivity contribution in [2.24, 2.45) is 4.99 Å². The first-order valence-corrected chi connectivity index (χ1v) is 5.05. The molecular weight excluding hydrogens is 233 g/mol. The number of benzene rings is 1. The van der Waals surface area contributed by atoms with Gasteiger partial charge in [-0.25, -0.2) is 0 Å². The van der Waals surface area contributed by atoms with E-state index in [0.29, 0.717) is 0 Å². The van der Waals surface area contributed by atoms with Crippen LogP contribution >= 0.6 is 12.2 Å². The fourth-order valence-corrected chi connectivity index (χ4v) is 1.54. The Morgan fingerprint density at radius 3 is 2.50 bits per heavy atom. The third-order valence-corrected chi connectivity index (χ3v) is 2.30. The van der Waals surface area contributed by atoms with Crippen LogP contribution < -0.4 is 29.6 Å². The van der Waals surface area contributed by atoms with Gasteiger partial charge in [0, 0.05) is 0 Å². The molecule has 0 amide bonds. The van der Waals surface area contributed by atoms with Crippen molar-refractivity contribution in [3.8, 4) is 0 Å². The zero-order valence-electron chi connectivity index (χ0n) is 8.34. The summed E-state index contributed by atoms with van der Waals surface area (Å²) >= 11 is 4.32. The Labute approximate surface area is 111 Å². The van der Waals surface area contributed by atoms with Crippen LogP contribution in [0.3, 0.4) is 0 Å². The fraction of sp³-hybridized carbons (Fsp3) is 0. The Morgan fingerprint density at radius 1 is 1.43 bits per heavy atom. The molecule has 14 heavy (non-hydrogen) atoms. The van der Waals surface area contributed by atoms with Gasteiger partial charge in [0.2, 0.25) is 0 Å². The van der Waals surface area contributed by atoms with E-state index in [1.807, 2.05) is 5.16 Å². The predicted molar refractivity (Wildman–Crippen MR) is 52.1 cm³/mol. The van der Waals surface area contributed by atoms with E-state index in [4.69, 9.17) is 4.55 Å². The minimum absolute atomic E-state index is 0. The number of para-hydroxylation sites is 1. The average Bonchev–Trinajstić information content (AvgIpc) is 2.04. The van der Waals surface area contributed by atoms with E-state index in [1.165, 1.54) is 18.2 Å². The summed E-state index contributed by atoms with van der Waals surface area (Å²) in [6.07, 6.45) is 0. The van der Waals surface area contributed by atoms with Crippen molar-refractivity contribution in [2.45, 2.75) is 4.90 Å². The zero-order valence-corrected chi connectivity index (χ0v) is 11.0. The van der Waals surface area contributed by atoms with Gasteiger partial charge in [0.05, 0.1) is 10.8 Å². The molecule has 0 fully saturated rings. The summed E-state index contributed by atoms with van der Waals surface area (Å²) in [5, 5.41) is 2.03. The average molecular weight is 239 g/mol. The Kier molecular flexibility index (Phi) is 5.70. The molecule has 0 spiro atoms. The van der Waals surface area contributed by atoms with Gasteiger partial charge in [-0.2, -0.15) is 13.4 Å². The molecule has 1 N–H and O–H groups in total. The molecule has 0 aliphatic rings. The van der Waals surface area contributed by atoms with Crippen molar-refractivity contribution in [1.29, 1.82) is 0 Å². The largest absolute Gasteiger partial charge is 1.00 e. The predicted octanol–water partition coefficient (Wildman–Crippen LogP) is -1.22. The summed E-state index contributed by atoms with van der Waals surface area (Å²) in [4.78, 5) is 3.23. The summed E-state index contributed by atoms with van der Waals surface area (Å²) < 4.78 is 30.3. The molecule has 1 aromatic rings. The molecule has 0 aromatic heterocycles. The molecule has 0 bridgehead atoms. The molecule has 0 aliphatic heterocycles. The first-order chi connectivity index (χ1) is 6.05. The third kappa shape index (κ3) is 3.59. The van der Waals surface area contributed by atoms with Crippen LogP contribution in [0.2, 0.25) is 0 Å². The van der Waals surface area contributed by atoms with Gasteiger partial charge < -0.3 is 1.43 Å². The molecule has 4 nitrogen and oxygen atoms in total. The van der Waals surface area contributed by atoms with E-state index >= 15 is 0 Å². The summed E-state index contributed by atoms with van der Waals surface area (Å²) in [5.41, 5.74) is 0.0833. The first kappa shape index (κ1) is 13.9. The van der Waals surface area contributed by atoms with Gasteiger partial charge in [-0.15, -0.1) is 0 Å². The normalized spacial score (nSPS) is 9.79. The van der Waals surface area contributed by atoms with Gasteiger partial charge >= 0.3 is 29.6 Å². The molecule has 7 heteroatoms. The van der Waals surface area contributed by atoms with Crippen molar-refractivity contribution < 1.29 is 44.0 Å². The number of hydrogen-bond donors (Lipinski definition) is 1. The topological polar surface area (TPSA) is 66.7 Å². The molecular formula is C7H6NNaO3S2. The number of aliphatic imine (C=N–C) groups is 1. The van der Waals surface area contributed by atoms with Crippen LogP contribution in [0.15, 0.2) is 34.2 Å². The summed E-state index contributed by atoms with van der Waals surface area (Å²) in [5.74, 6) is 0. The standard InChI is InChI=1S/C7H5NO3S2.Na.H/c9-13(10,11)7-4-2-1-3-6(7)8-5-12;;/h1-4H,(H,9,10,11);;/q;+1;-1. The molecule has 1 aromatic carbocycles. The number of hydrogen-bond acceptors (Lipinski definition) is 4. The molecule has 1 rings (SSSR count). The molecule has 70 valence electrons. The second-order valence-electron chi connectivity index (χ2n) is 2.15. The smallest absolute Gasteiger partial charge is 1.00 e. The van der Waals surface area contributed by atoms with Crippen LogP contribution in [-0.4, -0.2) is 18.1 Å². The Balaban J connectivity index is 0. The fourth-order valence-electron chi connectivity index (χ4n) is 0.817. The van der Waals surface area contributed by atoms with E-state index < -0.39 is 10.1 Å². The molecule has 0 radical (unpaired) electrons. The monoisotopic (exact) mass is 239 g/mol. The maximum Gasteiger partial charge on any atom is 1.00 e. The molecule has 0 atom stereocenters. The minimum atomic E-state index is -4.24. The number of thiocarbonyl (C=S) groups is 1.